The quantitative estimate of drug-likeness (QED) is 0.732. The van der Waals surface area contributed by atoms with Crippen molar-refractivity contribution in [1.82, 2.24) is 5.32 Å². The third-order valence-electron chi connectivity index (χ3n) is 5.08. The van der Waals surface area contributed by atoms with Crippen molar-refractivity contribution in [3.05, 3.63) is 59.7 Å². The van der Waals surface area contributed by atoms with Crippen LogP contribution in [0, 0.1) is 0 Å². The van der Waals surface area contributed by atoms with E-state index in [1.54, 1.807) is 12.1 Å². The smallest absolute Gasteiger partial charge is 0.338 e. The first-order valence-corrected chi connectivity index (χ1v) is 11.0. The second kappa shape index (κ2) is 7.51. The molecule has 0 aromatic heterocycles. The van der Waals surface area contributed by atoms with Gasteiger partial charge in [-0.25, -0.2) is 13.2 Å². The predicted octanol–water partition coefficient (Wildman–Crippen LogP) is 2.26. The van der Waals surface area contributed by atoms with Crippen LogP contribution in [-0.4, -0.2) is 39.0 Å². The monoisotopic (exact) mass is 414 g/mol. The Labute approximate surface area is 169 Å². The van der Waals surface area contributed by atoms with Gasteiger partial charge in [-0.1, -0.05) is 24.3 Å². The van der Waals surface area contributed by atoms with Crippen molar-refractivity contribution in [2.45, 2.75) is 43.2 Å². The molecule has 1 amide bonds. The van der Waals surface area contributed by atoms with Gasteiger partial charge in [0.2, 0.25) is 0 Å². The van der Waals surface area contributed by atoms with Gasteiger partial charge in [0.05, 0.1) is 16.1 Å². The van der Waals surface area contributed by atoms with E-state index in [0.29, 0.717) is 18.7 Å². The van der Waals surface area contributed by atoms with Gasteiger partial charge in [0.15, 0.2) is 6.10 Å². The van der Waals surface area contributed by atoms with Crippen LogP contribution in [0.5, 0.6) is 0 Å². The molecular weight excluding hydrogens is 392 g/mol. The van der Waals surface area contributed by atoms with Crippen LogP contribution in [-0.2, 0) is 26.0 Å². The van der Waals surface area contributed by atoms with E-state index in [1.165, 1.54) is 35.5 Å². The molecule has 152 valence electrons. The van der Waals surface area contributed by atoms with Crippen LogP contribution in [0.3, 0.4) is 0 Å². The summed E-state index contributed by atoms with van der Waals surface area (Å²) < 4.78 is 32.9. The molecule has 2 aromatic carbocycles. The highest BCUT2D eigenvalue weighted by Crippen LogP contribution is 2.32. The molecule has 1 saturated carbocycles. The number of rotatable bonds is 6. The summed E-state index contributed by atoms with van der Waals surface area (Å²) in [5, 5.41) is 2.77. The molecule has 8 heteroatoms. The lowest BCUT2D eigenvalue weighted by molar-refractivity contribution is -0.129. The maximum Gasteiger partial charge on any atom is 0.338 e. The van der Waals surface area contributed by atoms with Gasteiger partial charge in [-0.05, 0) is 56.0 Å². The average molecular weight is 414 g/mol. The third-order valence-corrected chi connectivity index (χ3v) is 6.89. The lowest BCUT2D eigenvalue weighted by Crippen LogP contribution is -2.37. The summed E-state index contributed by atoms with van der Waals surface area (Å²) in [5.74, 6) is -1.08. The number of nitrogens with zero attached hydrogens (tertiary/aromatic N) is 1. The van der Waals surface area contributed by atoms with Crippen molar-refractivity contribution in [2.75, 3.05) is 10.8 Å². The summed E-state index contributed by atoms with van der Waals surface area (Å²) >= 11 is 0. The summed E-state index contributed by atoms with van der Waals surface area (Å²) in [5.41, 5.74) is 1.72. The average Bonchev–Trinajstić information content (AvgIpc) is 3.42. The Bertz CT molecular complexity index is 1060. The zero-order valence-corrected chi connectivity index (χ0v) is 16.8. The first-order chi connectivity index (χ1) is 13.9. The molecule has 2 aromatic rings. The fourth-order valence-electron chi connectivity index (χ4n) is 3.30. The first-order valence-electron chi connectivity index (χ1n) is 9.58. The Morgan fingerprint density at radius 3 is 2.66 bits per heavy atom. The number of sulfonamides is 1. The van der Waals surface area contributed by atoms with E-state index in [9.17, 15) is 18.0 Å². The van der Waals surface area contributed by atoms with E-state index in [0.717, 1.165) is 18.4 Å². The fraction of sp³-hybridized carbons (Fsp3) is 0.333. The lowest BCUT2D eigenvalue weighted by atomic mass is 10.2. The molecule has 1 atom stereocenters. The molecule has 29 heavy (non-hydrogen) atoms. The Balaban J connectivity index is 1.52. The second-order valence-electron chi connectivity index (χ2n) is 7.31. The number of benzene rings is 2. The highest BCUT2D eigenvalue weighted by Gasteiger charge is 2.31. The van der Waals surface area contributed by atoms with Crippen LogP contribution < -0.4 is 9.62 Å². The van der Waals surface area contributed by atoms with Gasteiger partial charge in [0, 0.05) is 12.6 Å². The summed E-state index contributed by atoms with van der Waals surface area (Å²) in [7, 11) is -3.81. The van der Waals surface area contributed by atoms with Gasteiger partial charge in [0.1, 0.15) is 0 Å². The minimum atomic E-state index is -3.81. The Morgan fingerprint density at radius 2 is 1.90 bits per heavy atom. The Hall–Kier alpha value is -2.87. The molecule has 1 N–H and O–H groups in total. The summed E-state index contributed by atoms with van der Waals surface area (Å²) in [4.78, 5) is 24.4. The second-order valence-corrected chi connectivity index (χ2v) is 9.18. The molecule has 0 radical (unpaired) electrons. The van der Waals surface area contributed by atoms with Crippen LogP contribution >= 0.6 is 0 Å². The molecule has 4 rings (SSSR count). The zero-order chi connectivity index (χ0) is 20.6. The van der Waals surface area contributed by atoms with Crippen molar-refractivity contribution in [3.63, 3.8) is 0 Å². The first kappa shape index (κ1) is 19.4. The van der Waals surface area contributed by atoms with Crippen molar-refractivity contribution in [3.8, 4) is 0 Å². The minimum Gasteiger partial charge on any atom is -0.449 e. The van der Waals surface area contributed by atoms with Crippen LogP contribution in [0.2, 0.25) is 0 Å². The summed E-state index contributed by atoms with van der Waals surface area (Å²) in [6.07, 6.45) is 1.57. The molecular formula is C21H22N2O5S. The van der Waals surface area contributed by atoms with Crippen LogP contribution in [0.4, 0.5) is 5.69 Å². The molecule has 1 heterocycles. The predicted molar refractivity (Wildman–Crippen MR) is 107 cm³/mol. The standard InChI is InChI=1S/C21H22N2O5S/c1-14(20(24)22-17-9-10-17)28-21(25)16-6-4-7-18(13-16)29(26,27)23-12-11-15-5-2-3-8-19(15)23/h2-8,13-14,17H,9-12H2,1H3,(H,22,24)/t14-/m0/s1. The van der Waals surface area contributed by atoms with E-state index in [-0.39, 0.29) is 22.4 Å². The Morgan fingerprint density at radius 1 is 1.14 bits per heavy atom. The lowest BCUT2D eigenvalue weighted by Gasteiger charge is -2.20. The van der Waals surface area contributed by atoms with Gasteiger partial charge in [0.25, 0.3) is 15.9 Å². The zero-order valence-electron chi connectivity index (χ0n) is 16.0. The molecule has 7 nitrogen and oxygen atoms in total. The van der Waals surface area contributed by atoms with Crippen molar-refractivity contribution >= 4 is 27.6 Å². The van der Waals surface area contributed by atoms with Gasteiger partial charge in [-0.2, -0.15) is 0 Å². The van der Waals surface area contributed by atoms with Gasteiger partial charge < -0.3 is 10.1 Å². The third kappa shape index (κ3) is 3.98. The number of anilines is 1. The molecule has 0 spiro atoms. The van der Waals surface area contributed by atoms with E-state index in [2.05, 4.69) is 5.32 Å². The molecule has 1 aliphatic heterocycles. The SMILES string of the molecule is C[C@H](OC(=O)c1cccc(S(=O)(=O)N2CCc3ccccc32)c1)C(=O)NC1CC1. The van der Waals surface area contributed by atoms with E-state index in [1.807, 2.05) is 12.1 Å². The number of carbonyl (C=O) groups excluding carboxylic acids is 2. The molecule has 2 aliphatic rings. The van der Waals surface area contributed by atoms with Crippen molar-refractivity contribution in [1.29, 1.82) is 0 Å². The fourth-order valence-corrected chi connectivity index (χ4v) is 4.85. The highest BCUT2D eigenvalue weighted by molar-refractivity contribution is 7.92. The topological polar surface area (TPSA) is 92.8 Å². The van der Waals surface area contributed by atoms with E-state index >= 15 is 0 Å². The summed E-state index contributed by atoms with van der Waals surface area (Å²) in [6.45, 7) is 1.85. The molecule has 1 aliphatic carbocycles. The van der Waals surface area contributed by atoms with Crippen molar-refractivity contribution < 1.29 is 22.7 Å². The number of esters is 1. The molecule has 0 bridgehead atoms. The number of nitrogens with one attached hydrogen (secondary N) is 1. The number of para-hydroxylation sites is 1. The Kier molecular flexibility index (Phi) is 5.04. The van der Waals surface area contributed by atoms with E-state index in [4.69, 9.17) is 4.74 Å². The van der Waals surface area contributed by atoms with Crippen LogP contribution in [0.1, 0.15) is 35.7 Å². The number of ether oxygens (including phenoxy) is 1. The number of fused-ring (bicyclic) bond motifs is 1. The van der Waals surface area contributed by atoms with Crippen LogP contribution in [0.25, 0.3) is 0 Å². The number of carbonyl (C=O) groups is 2. The van der Waals surface area contributed by atoms with Crippen molar-refractivity contribution in [2.24, 2.45) is 0 Å². The molecule has 1 fully saturated rings. The molecule has 0 unspecified atom stereocenters. The molecule has 0 saturated heterocycles. The van der Waals surface area contributed by atoms with Gasteiger partial charge in [-0.15, -0.1) is 0 Å². The summed E-state index contributed by atoms with van der Waals surface area (Å²) in [6, 6.07) is 13.3. The number of hydrogen-bond donors (Lipinski definition) is 1. The minimum absolute atomic E-state index is 0.0127. The van der Waals surface area contributed by atoms with Gasteiger partial charge in [-0.3, -0.25) is 9.10 Å². The normalized spacial score (nSPS) is 16.8. The van der Waals surface area contributed by atoms with E-state index < -0.39 is 22.1 Å². The van der Waals surface area contributed by atoms with Gasteiger partial charge >= 0.3 is 5.97 Å². The number of amides is 1. The maximum atomic E-state index is 13.1. The maximum absolute atomic E-state index is 13.1. The largest absolute Gasteiger partial charge is 0.449 e. The van der Waals surface area contributed by atoms with Crippen LogP contribution in [0.15, 0.2) is 53.4 Å². The number of hydrogen-bond acceptors (Lipinski definition) is 5. The highest BCUT2D eigenvalue weighted by atomic mass is 32.2.